The van der Waals surface area contributed by atoms with Gasteiger partial charge in [0.05, 0.1) is 5.69 Å². The van der Waals surface area contributed by atoms with E-state index in [0.29, 0.717) is 16.8 Å². The molecule has 0 saturated heterocycles. The second-order valence-corrected chi connectivity index (χ2v) is 8.53. The number of benzene rings is 1. The molecule has 2 saturated carbocycles. The Labute approximate surface area is 169 Å². The molecular weight excluding hydrogens is 374 g/mol. The maximum Gasteiger partial charge on any atom is 0.188 e. The van der Waals surface area contributed by atoms with E-state index in [1.165, 1.54) is 32.1 Å². The van der Waals surface area contributed by atoms with Crippen molar-refractivity contribution in [2.24, 2.45) is 11.8 Å². The third-order valence-electron chi connectivity index (χ3n) is 6.27. The van der Waals surface area contributed by atoms with Crippen LogP contribution in [0.4, 0.5) is 0 Å². The summed E-state index contributed by atoms with van der Waals surface area (Å²) in [5, 5.41) is 10.8. The SMILES string of the molecule is COCOc1cc(Cl)ccc1-c1cc2ccn([C@H]3CC4CC[C@@H](C4)C3)c2nn1. The average molecular weight is 398 g/mol. The fourth-order valence-electron chi connectivity index (χ4n) is 5.03. The Hall–Kier alpha value is -2.11. The van der Waals surface area contributed by atoms with Crippen molar-refractivity contribution in [1.29, 1.82) is 0 Å². The van der Waals surface area contributed by atoms with Crippen LogP contribution in [0.3, 0.4) is 0 Å². The maximum absolute atomic E-state index is 6.14. The van der Waals surface area contributed by atoms with Gasteiger partial charge in [-0.2, -0.15) is 0 Å². The zero-order valence-corrected chi connectivity index (χ0v) is 16.7. The van der Waals surface area contributed by atoms with Gasteiger partial charge in [-0.1, -0.05) is 24.4 Å². The highest BCUT2D eigenvalue weighted by molar-refractivity contribution is 6.30. The summed E-state index contributed by atoms with van der Waals surface area (Å²) in [5.41, 5.74) is 2.61. The van der Waals surface area contributed by atoms with E-state index in [2.05, 4.69) is 33.1 Å². The predicted octanol–water partition coefficient (Wildman–Crippen LogP) is 5.49. The van der Waals surface area contributed by atoms with Gasteiger partial charge in [0.2, 0.25) is 0 Å². The summed E-state index contributed by atoms with van der Waals surface area (Å²) >= 11 is 6.14. The van der Waals surface area contributed by atoms with Crippen LogP contribution in [0.15, 0.2) is 36.5 Å². The van der Waals surface area contributed by atoms with Gasteiger partial charge in [-0.05, 0) is 61.4 Å². The summed E-state index contributed by atoms with van der Waals surface area (Å²) in [4.78, 5) is 0. The van der Waals surface area contributed by atoms with Gasteiger partial charge in [-0.3, -0.25) is 0 Å². The number of rotatable bonds is 5. The van der Waals surface area contributed by atoms with Gasteiger partial charge < -0.3 is 14.0 Å². The van der Waals surface area contributed by atoms with E-state index >= 15 is 0 Å². The van der Waals surface area contributed by atoms with Gasteiger partial charge in [0.15, 0.2) is 12.4 Å². The minimum Gasteiger partial charge on any atom is -0.467 e. The Bertz CT molecular complexity index is 991. The summed E-state index contributed by atoms with van der Waals surface area (Å²) in [6.45, 7) is 0.156. The topological polar surface area (TPSA) is 49.2 Å². The summed E-state index contributed by atoms with van der Waals surface area (Å²) in [7, 11) is 1.59. The number of hydrogen-bond acceptors (Lipinski definition) is 4. The first-order valence-corrected chi connectivity index (χ1v) is 10.3. The molecule has 28 heavy (non-hydrogen) atoms. The molecule has 0 radical (unpaired) electrons. The Kier molecular flexibility index (Phi) is 4.73. The highest BCUT2D eigenvalue weighted by atomic mass is 35.5. The summed E-state index contributed by atoms with van der Waals surface area (Å²) in [5.74, 6) is 2.43. The van der Waals surface area contributed by atoms with Gasteiger partial charge in [-0.15, -0.1) is 10.2 Å². The van der Waals surface area contributed by atoms with Gasteiger partial charge in [-0.25, -0.2) is 0 Å². The summed E-state index contributed by atoms with van der Waals surface area (Å²) in [6.07, 6.45) is 8.95. The summed E-state index contributed by atoms with van der Waals surface area (Å²) < 4.78 is 13.1. The van der Waals surface area contributed by atoms with Crippen LogP contribution in [-0.2, 0) is 4.74 Å². The molecule has 3 atom stereocenters. The maximum atomic E-state index is 6.14. The molecule has 0 spiro atoms. The number of hydrogen-bond donors (Lipinski definition) is 0. The molecule has 1 unspecified atom stereocenters. The van der Waals surface area contributed by atoms with Crippen molar-refractivity contribution in [1.82, 2.24) is 14.8 Å². The van der Waals surface area contributed by atoms with E-state index in [1.807, 2.05) is 12.1 Å². The van der Waals surface area contributed by atoms with Crippen molar-refractivity contribution in [3.63, 3.8) is 0 Å². The van der Waals surface area contributed by atoms with Crippen LogP contribution in [0, 0.1) is 11.8 Å². The molecule has 5 nitrogen and oxygen atoms in total. The van der Waals surface area contributed by atoms with E-state index in [4.69, 9.17) is 21.1 Å². The second-order valence-electron chi connectivity index (χ2n) is 8.09. The van der Waals surface area contributed by atoms with Crippen LogP contribution in [0.25, 0.3) is 22.3 Å². The average Bonchev–Trinajstić information content (AvgIpc) is 3.28. The van der Waals surface area contributed by atoms with Crippen molar-refractivity contribution in [2.75, 3.05) is 13.9 Å². The van der Waals surface area contributed by atoms with Gasteiger partial charge in [0.25, 0.3) is 0 Å². The van der Waals surface area contributed by atoms with Crippen LogP contribution >= 0.6 is 11.6 Å². The van der Waals surface area contributed by atoms with Crippen LogP contribution in [-0.4, -0.2) is 28.7 Å². The Morgan fingerprint density at radius 1 is 1.07 bits per heavy atom. The Morgan fingerprint density at radius 2 is 1.89 bits per heavy atom. The molecule has 2 aliphatic rings. The predicted molar refractivity (Wildman–Crippen MR) is 110 cm³/mol. The first-order valence-electron chi connectivity index (χ1n) is 9.97. The minimum atomic E-state index is 0.156. The first-order chi connectivity index (χ1) is 13.7. The molecule has 6 heteroatoms. The Balaban J connectivity index is 1.48. The molecule has 2 aliphatic carbocycles. The first kappa shape index (κ1) is 18.0. The highest BCUT2D eigenvalue weighted by Gasteiger charge is 2.35. The lowest BCUT2D eigenvalue weighted by atomic mass is 9.85. The highest BCUT2D eigenvalue weighted by Crippen LogP contribution is 2.47. The van der Waals surface area contributed by atoms with E-state index in [0.717, 1.165) is 34.1 Å². The molecule has 5 rings (SSSR count). The van der Waals surface area contributed by atoms with Crippen molar-refractivity contribution < 1.29 is 9.47 Å². The standard InChI is InChI=1S/C22H24ClN3O2/c1-27-13-28-21-12-17(23)4-5-19(21)20-11-16-6-7-26(22(16)25-24-20)18-9-14-2-3-15(8-14)10-18/h4-7,11-12,14-15,18H,2-3,8-10,13H2,1H3/t14-,15?,18+/m0/s1. The minimum absolute atomic E-state index is 0.156. The van der Waals surface area contributed by atoms with Crippen molar-refractivity contribution in [2.45, 2.75) is 38.1 Å². The molecule has 0 amide bonds. The lowest BCUT2D eigenvalue weighted by Crippen LogP contribution is -2.19. The fourth-order valence-corrected chi connectivity index (χ4v) is 5.19. The lowest BCUT2D eigenvalue weighted by Gasteiger charge is -2.29. The third kappa shape index (κ3) is 3.27. The number of ether oxygens (including phenoxy) is 2. The molecule has 146 valence electrons. The molecular formula is C22H24ClN3O2. The summed E-state index contributed by atoms with van der Waals surface area (Å²) in [6, 6.07) is 10.3. The zero-order valence-electron chi connectivity index (χ0n) is 16.0. The van der Waals surface area contributed by atoms with Crippen LogP contribution in [0.5, 0.6) is 5.75 Å². The monoisotopic (exact) mass is 397 g/mol. The fraction of sp³-hybridized carbons (Fsp3) is 0.455. The number of aromatic nitrogens is 3. The lowest BCUT2D eigenvalue weighted by molar-refractivity contribution is 0.0515. The quantitative estimate of drug-likeness (QED) is 0.534. The largest absolute Gasteiger partial charge is 0.467 e. The third-order valence-corrected chi connectivity index (χ3v) is 6.50. The van der Waals surface area contributed by atoms with Crippen molar-refractivity contribution in [3.05, 3.63) is 41.6 Å². The number of methoxy groups -OCH3 is 1. The number of halogens is 1. The molecule has 2 heterocycles. The molecule has 2 aromatic heterocycles. The number of fused-ring (bicyclic) bond motifs is 3. The molecule has 0 aliphatic heterocycles. The van der Waals surface area contributed by atoms with Gasteiger partial charge in [0.1, 0.15) is 5.75 Å². The van der Waals surface area contributed by atoms with E-state index in [1.54, 1.807) is 13.2 Å². The molecule has 2 fully saturated rings. The van der Waals surface area contributed by atoms with Crippen molar-refractivity contribution in [3.8, 4) is 17.0 Å². The van der Waals surface area contributed by atoms with E-state index in [-0.39, 0.29) is 6.79 Å². The van der Waals surface area contributed by atoms with E-state index in [9.17, 15) is 0 Å². The van der Waals surface area contributed by atoms with Gasteiger partial charge in [0, 0.05) is 35.3 Å². The smallest absolute Gasteiger partial charge is 0.188 e. The van der Waals surface area contributed by atoms with Crippen LogP contribution < -0.4 is 4.74 Å². The number of nitrogens with zero attached hydrogens (tertiary/aromatic N) is 3. The van der Waals surface area contributed by atoms with Crippen LogP contribution in [0.1, 0.15) is 38.1 Å². The van der Waals surface area contributed by atoms with Crippen LogP contribution in [0.2, 0.25) is 5.02 Å². The van der Waals surface area contributed by atoms with Gasteiger partial charge >= 0.3 is 0 Å². The van der Waals surface area contributed by atoms with Crippen molar-refractivity contribution >= 4 is 22.6 Å². The zero-order chi connectivity index (χ0) is 19.1. The molecule has 1 aromatic carbocycles. The second kappa shape index (κ2) is 7.37. The Morgan fingerprint density at radius 3 is 2.68 bits per heavy atom. The molecule has 2 bridgehead atoms. The molecule has 3 aromatic rings. The molecule has 0 N–H and O–H groups in total. The van der Waals surface area contributed by atoms with E-state index < -0.39 is 0 Å². The normalized spacial score (nSPS) is 24.0.